The summed E-state index contributed by atoms with van der Waals surface area (Å²) in [6.45, 7) is 4.67. The smallest absolute Gasteiger partial charge is 0.148 e. The second-order valence-corrected chi connectivity index (χ2v) is 4.63. The fourth-order valence-corrected chi connectivity index (χ4v) is 2.35. The van der Waals surface area contributed by atoms with Crippen molar-refractivity contribution in [3.8, 4) is 0 Å². The quantitative estimate of drug-likeness (QED) is 0.806. The van der Waals surface area contributed by atoms with Crippen molar-refractivity contribution in [2.24, 2.45) is 11.8 Å². The lowest BCUT2D eigenvalue weighted by molar-refractivity contribution is 0.253. The number of anilines is 1. The minimum atomic E-state index is 0.561. The van der Waals surface area contributed by atoms with Gasteiger partial charge >= 0.3 is 0 Å². The maximum absolute atomic E-state index is 4.07. The zero-order valence-corrected chi connectivity index (χ0v) is 9.48. The molecule has 0 amide bonds. The third-order valence-corrected chi connectivity index (χ3v) is 3.61. The first-order chi connectivity index (χ1) is 7.27. The van der Waals surface area contributed by atoms with E-state index in [1.54, 1.807) is 6.20 Å². The molecule has 0 saturated heterocycles. The first-order valence-electron chi connectivity index (χ1n) is 5.81. The monoisotopic (exact) mass is 205 g/mol. The molecule has 3 heteroatoms. The predicted octanol–water partition coefficient (Wildman–Crippen LogP) is 2.71. The van der Waals surface area contributed by atoms with Gasteiger partial charge < -0.3 is 5.32 Å². The number of hydrogen-bond acceptors (Lipinski definition) is 3. The average molecular weight is 205 g/mol. The molecule has 1 aromatic rings. The summed E-state index contributed by atoms with van der Waals surface area (Å²) >= 11 is 0. The summed E-state index contributed by atoms with van der Waals surface area (Å²) in [4.78, 5) is 0. The van der Waals surface area contributed by atoms with Crippen LogP contribution < -0.4 is 5.32 Å². The van der Waals surface area contributed by atoms with E-state index >= 15 is 0 Å². The number of rotatable bonds is 2. The van der Waals surface area contributed by atoms with Crippen molar-refractivity contribution in [2.75, 3.05) is 5.32 Å². The van der Waals surface area contributed by atoms with Crippen LogP contribution in [-0.2, 0) is 0 Å². The highest BCUT2D eigenvalue weighted by atomic mass is 15.2. The normalized spacial score (nSPS) is 31.2. The Hall–Kier alpha value is -1.12. The molecule has 0 spiro atoms. The SMILES string of the molecule is CC1CCCC(Nc2cccnn2)C1C. The third kappa shape index (κ3) is 2.46. The molecule has 1 saturated carbocycles. The first-order valence-corrected chi connectivity index (χ1v) is 5.81. The van der Waals surface area contributed by atoms with E-state index in [9.17, 15) is 0 Å². The van der Waals surface area contributed by atoms with Gasteiger partial charge in [-0.1, -0.05) is 26.7 Å². The topological polar surface area (TPSA) is 37.8 Å². The molecule has 0 aliphatic heterocycles. The maximum Gasteiger partial charge on any atom is 0.148 e. The lowest BCUT2D eigenvalue weighted by Crippen LogP contribution is -2.35. The van der Waals surface area contributed by atoms with Gasteiger partial charge in [-0.15, -0.1) is 5.10 Å². The van der Waals surface area contributed by atoms with Gasteiger partial charge in [0, 0.05) is 12.2 Å². The van der Waals surface area contributed by atoms with Crippen molar-refractivity contribution in [1.29, 1.82) is 0 Å². The number of aromatic nitrogens is 2. The standard InChI is InChI=1S/C12H19N3/c1-9-5-3-6-11(10(9)2)14-12-7-4-8-13-15-12/h4,7-11H,3,5-6H2,1-2H3,(H,14,15). The highest BCUT2D eigenvalue weighted by molar-refractivity contribution is 5.33. The molecule has 3 nitrogen and oxygen atoms in total. The van der Waals surface area contributed by atoms with Gasteiger partial charge in [0.25, 0.3) is 0 Å². The molecule has 1 heterocycles. The Morgan fingerprint density at radius 2 is 2.20 bits per heavy atom. The Balaban J connectivity index is 1.99. The van der Waals surface area contributed by atoms with Gasteiger partial charge in [0.2, 0.25) is 0 Å². The minimum absolute atomic E-state index is 0.561. The van der Waals surface area contributed by atoms with Crippen molar-refractivity contribution in [3.63, 3.8) is 0 Å². The highest BCUT2D eigenvalue weighted by Crippen LogP contribution is 2.30. The van der Waals surface area contributed by atoms with Crippen LogP contribution in [0.15, 0.2) is 18.3 Å². The van der Waals surface area contributed by atoms with E-state index in [4.69, 9.17) is 0 Å². The summed E-state index contributed by atoms with van der Waals surface area (Å²) in [5.41, 5.74) is 0. The lowest BCUT2D eigenvalue weighted by Gasteiger charge is -2.34. The van der Waals surface area contributed by atoms with E-state index < -0.39 is 0 Å². The van der Waals surface area contributed by atoms with Crippen molar-refractivity contribution in [2.45, 2.75) is 39.2 Å². The summed E-state index contributed by atoms with van der Waals surface area (Å²) in [5.74, 6) is 2.44. The number of nitrogens with one attached hydrogen (secondary N) is 1. The zero-order chi connectivity index (χ0) is 10.7. The molecule has 1 fully saturated rings. The molecular formula is C12H19N3. The summed E-state index contributed by atoms with van der Waals surface area (Å²) < 4.78 is 0. The van der Waals surface area contributed by atoms with Gasteiger partial charge in [0.15, 0.2) is 0 Å². The average Bonchev–Trinajstić information content (AvgIpc) is 2.26. The van der Waals surface area contributed by atoms with Gasteiger partial charge in [0.05, 0.1) is 0 Å². The van der Waals surface area contributed by atoms with Crippen LogP contribution in [-0.4, -0.2) is 16.2 Å². The van der Waals surface area contributed by atoms with Gasteiger partial charge in [-0.05, 0) is 30.4 Å². The van der Waals surface area contributed by atoms with E-state index in [1.165, 1.54) is 19.3 Å². The molecule has 0 bridgehead atoms. The number of nitrogens with zero attached hydrogens (tertiary/aromatic N) is 2. The van der Waals surface area contributed by atoms with Gasteiger partial charge in [0.1, 0.15) is 5.82 Å². The van der Waals surface area contributed by atoms with E-state index in [0.29, 0.717) is 6.04 Å². The van der Waals surface area contributed by atoms with E-state index in [0.717, 1.165) is 17.7 Å². The second-order valence-electron chi connectivity index (χ2n) is 4.63. The zero-order valence-electron chi connectivity index (χ0n) is 9.48. The van der Waals surface area contributed by atoms with E-state index in [-0.39, 0.29) is 0 Å². The largest absolute Gasteiger partial charge is 0.366 e. The van der Waals surface area contributed by atoms with E-state index in [2.05, 4.69) is 29.4 Å². The summed E-state index contributed by atoms with van der Waals surface area (Å²) in [6.07, 6.45) is 5.64. The van der Waals surface area contributed by atoms with Crippen LogP contribution in [0.3, 0.4) is 0 Å². The molecule has 3 atom stereocenters. The Labute approximate surface area is 91.3 Å². The lowest BCUT2D eigenvalue weighted by atomic mass is 9.78. The first kappa shape index (κ1) is 10.4. The Morgan fingerprint density at radius 3 is 2.93 bits per heavy atom. The Morgan fingerprint density at radius 1 is 1.33 bits per heavy atom. The van der Waals surface area contributed by atoms with Crippen LogP contribution in [0, 0.1) is 11.8 Å². The highest BCUT2D eigenvalue weighted by Gasteiger charge is 2.26. The molecule has 1 aliphatic carbocycles. The van der Waals surface area contributed by atoms with Crippen molar-refractivity contribution in [1.82, 2.24) is 10.2 Å². The molecule has 1 N–H and O–H groups in total. The van der Waals surface area contributed by atoms with Gasteiger partial charge in [-0.25, -0.2) is 0 Å². The molecule has 1 aliphatic rings. The van der Waals surface area contributed by atoms with Crippen LogP contribution in [0.2, 0.25) is 0 Å². The maximum atomic E-state index is 4.07. The molecule has 82 valence electrons. The summed E-state index contributed by atoms with van der Waals surface area (Å²) in [7, 11) is 0. The second kappa shape index (κ2) is 4.60. The summed E-state index contributed by atoms with van der Waals surface area (Å²) in [6, 6.07) is 4.47. The Bertz CT molecular complexity index is 299. The Kier molecular flexibility index (Phi) is 3.19. The molecule has 1 aromatic heterocycles. The molecule has 15 heavy (non-hydrogen) atoms. The van der Waals surface area contributed by atoms with Crippen molar-refractivity contribution < 1.29 is 0 Å². The summed E-state index contributed by atoms with van der Waals surface area (Å²) in [5, 5.41) is 11.4. The van der Waals surface area contributed by atoms with Crippen LogP contribution in [0.4, 0.5) is 5.82 Å². The molecule has 2 rings (SSSR count). The van der Waals surface area contributed by atoms with Crippen molar-refractivity contribution in [3.05, 3.63) is 18.3 Å². The van der Waals surface area contributed by atoms with Crippen molar-refractivity contribution >= 4 is 5.82 Å². The molecule has 0 aromatic carbocycles. The predicted molar refractivity (Wildman–Crippen MR) is 61.6 cm³/mol. The fourth-order valence-electron chi connectivity index (χ4n) is 2.35. The van der Waals surface area contributed by atoms with Gasteiger partial charge in [-0.3, -0.25) is 0 Å². The van der Waals surface area contributed by atoms with E-state index in [1.807, 2.05) is 12.1 Å². The molecule has 3 unspecified atom stereocenters. The molecular weight excluding hydrogens is 186 g/mol. The third-order valence-electron chi connectivity index (χ3n) is 3.61. The van der Waals surface area contributed by atoms with Gasteiger partial charge in [-0.2, -0.15) is 5.10 Å². The van der Waals surface area contributed by atoms with Crippen LogP contribution in [0.25, 0.3) is 0 Å². The van der Waals surface area contributed by atoms with Crippen LogP contribution >= 0.6 is 0 Å². The number of hydrogen-bond donors (Lipinski definition) is 1. The molecule has 0 radical (unpaired) electrons. The van der Waals surface area contributed by atoms with Crippen LogP contribution in [0.1, 0.15) is 33.1 Å². The fraction of sp³-hybridized carbons (Fsp3) is 0.667. The van der Waals surface area contributed by atoms with Crippen LogP contribution in [0.5, 0.6) is 0 Å². The minimum Gasteiger partial charge on any atom is -0.366 e.